The molecule has 4 rings (SSSR count). The molecule has 0 atom stereocenters. The predicted molar refractivity (Wildman–Crippen MR) is 69.5 cm³/mol. The summed E-state index contributed by atoms with van der Waals surface area (Å²) in [5.41, 5.74) is 3.64. The molecule has 3 nitrogen and oxygen atoms in total. The van der Waals surface area contributed by atoms with E-state index in [2.05, 4.69) is 21.6 Å². The van der Waals surface area contributed by atoms with Crippen LogP contribution in [0.1, 0.15) is 23.4 Å². The summed E-state index contributed by atoms with van der Waals surface area (Å²) in [5.74, 6) is 0. The monoisotopic (exact) mass is 243 g/mol. The van der Waals surface area contributed by atoms with E-state index in [1.807, 2.05) is 23.6 Å². The molecular formula is C13H13N3S. The summed E-state index contributed by atoms with van der Waals surface area (Å²) < 4.78 is 2.29. The smallest absolute Gasteiger partial charge is 0.194 e. The molecule has 3 heterocycles. The Hall–Kier alpha value is -1.55. The van der Waals surface area contributed by atoms with Gasteiger partial charge in [-0.15, -0.1) is 11.3 Å². The largest absolute Gasteiger partial charge is 0.360 e. The van der Waals surface area contributed by atoms with Gasteiger partial charge in [0.15, 0.2) is 4.96 Å². The first kappa shape index (κ1) is 9.48. The molecule has 0 fully saturated rings. The van der Waals surface area contributed by atoms with Crippen LogP contribution in [-0.4, -0.2) is 14.4 Å². The topological polar surface area (TPSA) is 33.1 Å². The third-order valence-electron chi connectivity index (χ3n) is 3.44. The van der Waals surface area contributed by atoms with E-state index in [1.54, 1.807) is 0 Å². The highest BCUT2D eigenvalue weighted by Gasteiger charge is 2.18. The molecule has 0 saturated heterocycles. The minimum Gasteiger partial charge on any atom is -0.360 e. The van der Waals surface area contributed by atoms with Crippen molar-refractivity contribution in [2.45, 2.75) is 25.7 Å². The van der Waals surface area contributed by atoms with Crippen LogP contribution in [0.5, 0.6) is 0 Å². The van der Waals surface area contributed by atoms with E-state index in [4.69, 9.17) is 4.98 Å². The highest BCUT2D eigenvalue weighted by atomic mass is 32.1. The van der Waals surface area contributed by atoms with Crippen molar-refractivity contribution in [1.29, 1.82) is 0 Å². The predicted octanol–water partition coefficient (Wildman–Crippen LogP) is 3.27. The number of aromatic amines is 1. The molecule has 1 aliphatic carbocycles. The minimum atomic E-state index is 1.05. The van der Waals surface area contributed by atoms with Crippen LogP contribution in [0.15, 0.2) is 24.5 Å². The number of imidazole rings is 1. The molecule has 0 bridgehead atoms. The molecule has 1 aliphatic rings. The molecule has 3 aromatic heterocycles. The number of rotatable bonds is 1. The molecule has 0 saturated carbocycles. The Balaban J connectivity index is 1.91. The average molecular weight is 243 g/mol. The highest BCUT2D eigenvalue weighted by molar-refractivity contribution is 7.17. The molecule has 0 amide bonds. The fourth-order valence-electron chi connectivity index (χ4n) is 2.58. The molecule has 0 spiro atoms. The maximum atomic E-state index is 4.71. The lowest BCUT2D eigenvalue weighted by molar-refractivity contribution is 0.674. The van der Waals surface area contributed by atoms with Crippen LogP contribution in [0.3, 0.4) is 0 Å². The van der Waals surface area contributed by atoms with Gasteiger partial charge in [0, 0.05) is 23.0 Å². The van der Waals surface area contributed by atoms with Gasteiger partial charge in [0.25, 0.3) is 0 Å². The van der Waals surface area contributed by atoms with Crippen LogP contribution in [0.4, 0.5) is 0 Å². The zero-order chi connectivity index (χ0) is 11.2. The van der Waals surface area contributed by atoms with Crippen LogP contribution in [0.2, 0.25) is 0 Å². The van der Waals surface area contributed by atoms with Crippen LogP contribution in [0, 0.1) is 0 Å². The van der Waals surface area contributed by atoms with E-state index in [1.165, 1.54) is 36.3 Å². The molecule has 0 radical (unpaired) electrons. The zero-order valence-electron chi connectivity index (χ0n) is 9.44. The molecule has 4 heteroatoms. The second-order valence-electron chi connectivity index (χ2n) is 4.54. The Kier molecular flexibility index (Phi) is 1.93. The Morgan fingerprint density at radius 1 is 1.29 bits per heavy atom. The van der Waals surface area contributed by atoms with Crippen molar-refractivity contribution >= 4 is 16.3 Å². The van der Waals surface area contributed by atoms with Crippen LogP contribution < -0.4 is 0 Å². The SMILES string of the molecule is c1c[nH]c(-c2cn3c4c(sc3n2)CCCC4)c1. The first-order valence-corrected chi connectivity index (χ1v) is 6.87. The minimum absolute atomic E-state index is 1.05. The Morgan fingerprint density at radius 3 is 3.12 bits per heavy atom. The van der Waals surface area contributed by atoms with E-state index in [9.17, 15) is 0 Å². The quantitative estimate of drug-likeness (QED) is 0.699. The molecule has 0 unspecified atom stereocenters. The Labute approximate surface area is 103 Å². The van der Waals surface area contributed by atoms with Crippen molar-refractivity contribution in [2.24, 2.45) is 0 Å². The summed E-state index contributed by atoms with van der Waals surface area (Å²) in [7, 11) is 0. The molecule has 3 aromatic rings. The normalized spacial score (nSPS) is 15.3. The van der Waals surface area contributed by atoms with E-state index in [0.29, 0.717) is 0 Å². The summed E-state index contributed by atoms with van der Waals surface area (Å²) in [4.78, 5) is 10.6. The van der Waals surface area contributed by atoms with Crippen molar-refractivity contribution in [2.75, 3.05) is 0 Å². The zero-order valence-corrected chi connectivity index (χ0v) is 10.3. The fourth-order valence-corrected chi connectivity index (χ4v) is 3.77. The van der Waals surface area contributed by atoms with E-state index < -0.39 is 0 Å². The van der Waals surface area contributed by atoms with E-state index in [-0.39, 0.29) is 0 Å². The van der Waals surface area contributed by atoms with Crippen molar-refractivity contribution in [1.82, 2.24) is 14.4 Å². The molecule has 1 N–H and O–H groups in total. The van der Waals surface area contributed by atoms with Crippen molar-refractivity contribution < 1.29 is 0 Å². The maximum Gasteiger partial charge on any atom is 0.194 e. The maximum absolute atomic E-state index is 4.71. The fraction of sp³-hybridized carbons (Fsp3) is 0.308. The number of aromatic nitrogens is 3. The van der Waals surface area contributed by atoms with Gasteiger partial charge in [0.1, 0.15) is 5.69 Å². The number of thiazole rings is 1. The number of nitrogens with zero attached hydrogens (tertiary/aromatic N) is 2. The van der Waals surface area contributed by atoms with Gasteiger partial charge in [0.2, 0.25) is 0 Å². The summed E-state index contributed by atoms with van der Waals surface area (Å²) in [5, 5.41) is 0. The van der Waals surface area contributed by atoms with Crippen LogP contribution in [0.25, 0.3) is 16.3 Å². The third kappa shape index (κ3) is 1.37. The summed E-state index contributed by atoms with van der Waals surface area (Å²) >= 11 is 1.86. The van der Waals surface area contributed by atoms with E-state index in [0.717, 1.165) is 16.3 Å². The lowest BCUT2D eigenvalue weighted by Gasteiger charge is -2.09. The lowest BCUT2D eigenvalue weighted by Crippen LogP contribution is -2.01. The summed E-state index contributed by atoms with van der Waals surface area (Å²) in [6.07, 6.45) is 9.20. The standard InChI is InChI=1S/C13H13N3S/c1-2-6-12-11(5-1)16-8-10(15-13(16)17-12)9-4-3-7-14-9/h3-4,7-8,14H,1-2,5-6H2. The number of hydrogen-bond acceptors (Lipinski definition) is 2. The highest BCUT2D eigenvalue weighted by Crippen LogP contribution is 2.31. The van der Waals surface area contributed by atoms with Gasteiger partial charge < -0.3 is 4.98 Å². The third-order valence-corrected chi connectivity index (χ3v) is 4.60. The van der Waals surface area contributed by atoms with Gasteiger partial charge in [-0.25, -0.2) is 4.98 Å². The van der Waals surface area contributed by atoms with Gasteiger partial charge in [0.05, 0.1) is 5.69 Å². The van der Waals surface area contributed by atoms with Crippen LogP contribution >= 0.6 is 11.3 Å². The summed E-state index contributed by atoms with van der Waals surface area (Å²) in [6, 6.07) is 4.08. The Morgan fingerprint density at radius 2 is 2.24 bits per heavy atom. The number of H-pyrrole nitrogens is 1. The lowest BCUT2D eigenvalue weighted by atomic mass is 10.0. The molecule has 0 aromatic carbocycles. The van der Waals surface area contributed by atoms with Gasteiger partial charge in [-0.3, -0.25) is 4.40 Å². The molecule has 17 heavy (non-hydrogen) atoms. The molecule has 86 valence electrons. The first-order valence-electron chi connectivity index (χ1n) is 6.05. The average Bonchev–Trinajstić information content (AvgIpc) is 3.03. The second-order valence-corrected chi connectivity index (χ2v) is 5.60. The number of aryl methyl sites for hydroxylation is 2. The van der Waals surface area contributed by atoms with E-state index >= 15 is 0 Å². The van der Waals surface area contributed by atoms with Crippen molar-refractivity contribution in [3.63, 3.8) is 0 Å². The van der Waals surface area contributed by atoms with Crippen molar-refractivity contribution in [3.05, 3.63) is 35.1 Å². The summed E-state index contributed by atoms with van der Waals surface area (Å²) in [6.45, 7) is 0. The first-order chi connectivity index (χ1) is 8.42. The number of hydrogen-bond donors (Lipinski definition) is 1. The molecule has 0 aliphatic heterocycles. The molecular weight excluding hydrogens is 230 g/mol. The van der Waals surface area contributed by atoms with Gasteiger partial charge in [-0.05, 0) is 37.8 Å². The number of nitrogens with one attached hydrogen (secondary N) is 1. The van der Waals surface area contributed by atoms with Gasteiger partial charge in [-0.1, -0.05) is 0 Å². The van der Waals surface area contributed by atoms with Gasteiger partial charge >= 0.3 is 0 Å². The van der Waals surface area contributed by atoms with Gasteiger partial charge in [-0.2, -0.15) is 0 Å². The van der Waals surface area contributed by atoms with Crippen molar-refractivity contribution in [3.8, 4) is 11.4 Å². The Bertz CT molecular complexity index is 660. The number of fused-ring (bicyclic) bond motifs is 3. The van der Waals surface area contributed by atoms with Crippen LogP contribution in [-0.2, 0) is 12.8 Å². The second kappa shape index (κ2) is 3.47.